The molecule has 170 valence electrons. The predicted molar refractivity (Wildman–Crippen MR) is 126 cm³/mol. The van der Waals surface area contributed by atoms with Gasteiger partial charge < -0.3 is 20.0 Å². The molecule has 3 heterocycles. The van der Waals surface area contributed by atoms with Gasteiger partial charge in [0.25, 0.3) is 5.91 Å². The third-order valence-corrected chi connectivity index (χ3v) is 6.99. The number of carbonyl (C=O) groups excluding carboxylic acids is 2. The lowest BCUT2D eigenvalue weighted by Crippen LogP contribution is -2.47. The van der Waals surface area contributed by atoms with Crippen LogP contribution in [0.4, 0.5) is 0 Å². The normalized spacial score (nSPS) is 22.6. The molecular formula is C27H29N3O3. The molecule has 2 saturated heterocycles. The highest BCUT2D eigenvalue weighted by Crippen LogP contribution is 2.36. The number of furan rings is 1. The molecule has 3 atom stereocenters. The van der Waals surface area contributed by atoms with Crippen molar-refractivity contribution in [2.45, 2.75) is 37.3 Å². The van der Waals surface area contributed by atoms with Crippen molar-refractivity contribution in [3.63, 3.8) is 0 Å². The quantitative estimate of drug-likeness (QED) is 0.651. The van der Waals surface area contributed by atoms with E-state index in [0.717, 1.165) is 18.5 Å². The van der Waals surface area contributed by atoms with Crippen LogP contribution in [0.3, 0.4) is 0 Å². The van der Waals surface area contributed by atoms with E-state index in [0.29, 0.717) is 36.8 Å². The Labute approximate surface area is 194 Å². The van der Waals surface area contributed by atoms with Crippen molar-refractivity contribution in [3.8, 4) is 0 Å². The molecule has 1 unspecified atom stereocenters. The first-order chi connectivity index (χ1) is 16.1. The Morgan fingerprint density at radius 3 is 2.24 bits per heavy atom. The first kappa shape index (κ1) is 21.5. The van der Waals surface area contributed by atoms with Crippen molar-refractivity contribution in [1.82, 2.24) is 9.80 Å². The van der Waals surface area contributed by atoms with E-state index < -0.39 is 6.04 Å². The summed E-state index contributed by atoms with van der Waals surface area (Å²) in [5.74, 6) is 0.895. The first-order valence-electron chi connectivity index (χ1n) is 11.6. The third kappa shape index (κ3) is 4.31. The standard InChI is InChI=1S/C27H29N3O3/c28-15-24-13-23(18-33-24)26(31)30-17-22(20-9-5-2-6-10-20)14-25(30)27(32)29-12-11-21(16-29)19-7-3-1-4-8-19/h1-10,13,18,21-22,25H,11-12,14-17,28H2/t21?,22-,25-/m0/s1. The van der Waals surface area contributed by atoms with E-state index in [1.54, 1.807) is 11.0 Å². The predicted octanol–water partition coefficient (Wildman–Crippen LogP) is 3.75. The Kier molecular flexibility index (Phi) is 6.01. The van der Waals surface area contributed by atoms with Gasteiger partial charge in [-0.05, 0) is 30.0 Å². The van der Waals surface area contributed by atoms with E-state index in [2.05, 4.69) is 24.3 Å². The summed E-state index contributed by atoms with van der Waals surface area (Å²) in [6.45, 7) is 2.16. The van der Waals surface area contributed by atoms with Crippen LogP contribution < -0.4 is 5.73 Å². The minimum Gasteiger partial charge on any atom is -0.467 e. The number of likely N-dealkylation sites (tertiary alicyclic amines) is 2. The van der Waals surface area contributed by atoms with Crippen molar-refractivity contribution in [3.05, 3.63) is 95.4 Å². The Bertz CT molecular complexity index is 1110. The van der Waals surface area contributed by atoms with Gasteiger partial charge in [-0.2, -0.15) is 0 Å². The molecular weight excluding hydrogens is 414 g/mol. The van der Waals surface area contributed by atoms with Crippen LogP contribution in [0.25, 0.3) is 0 Å². The second-order valence-electron chi connectivity index (χ2n) is 9.00. The van der Waals surface area contributed by atoms with Gasteiger partial charge in [0.15, 0.2) is 0 Å². The highest BCUT2D eigenvalue weighted by atomic mass is 16.3. The lowest BCUT2D eigenvalue weighted by molar-refractivity contribution is -0.134. The SMILES string of the molecule is NCc1cc(C(=O)N2C[C@@H](c3ccccc3)C[C@H]2C(=O)N2CCC(c3ccccc3)C2)co1. The summed E-state index contributed by atoms with van der Waals surface area (Å²) in [7, 11) is 0. The summed E-state index contributed by atoms with van der Waals surface area (Å²) in [4.78, 5) is 30.8. The van der Waals surface area contributed by atoms with Gasteiger partial charge in [-0.3, -0.25) is 9.59 Å². The molecule has 1 aromatic heterocycles. The van der Waals surface area contributed by atoms with Gasteiger partial charge in [-0.1, -0.05) is 60.7 Å². The van der Waals surface area contributed by atoms with Crippen LogP contribution in [0.1, 0.15) is 51.9 Å². The van der Waals surface area contributed by atoms with Gasteiger partial charge >= 0.3 is 0 Å². The van der Waals surface area contributed by atoms with Crippen molar-refractivity contribution >= 4 is 11.8 Å². The molecule has 6 heteroatoms. The van der Waals surface area contributed by atoms with Gasteiger partial charge in [-0.15, -0.1) is 0 Å². The van der Waals surface area contributed by atoms with Gasteiger partial charge in [-0.25, -0.2) is 0 Å². The van der Waals surface area contributed by atoms with Crippen LogP contribution in [0.5, 0.6) is 0 Å². The highest BCUT2D eigenvalue weighted by molar-refractivity contribution is 5.98. The number of carbonyl (C=O) groups is 2. The first-order valence-corrected chi connectivity index (χ1v) is 11.6. The fraction of sp³-hybridized carbons (Fsp3) is 0.333. The Balaban J connectivity index is 1.37. The number of nitrogens with two attached hydrogens (primary N) is 1. The zero-order valence-electron chi connectivity index (χ0n) is 18.6. The molecule has 0 saturated carbocycles. The van der Waals surface area contributed by atoms with Crippen molar-refractivity contribution < 1.29 is 14.0 Å². The van der Waals surface area contributed by atoms with E-state index in [1.165, 1.54) is 11.8 Å². The van der Waals surface area contributed by atoms with E-state index in [1.807, 2.05) is 41.3 Å². The zero-order chi connectivity index (χ0) is 22.8. The number of rotatable bonds is 5. The molecule has 2 aromatic carbocycles. The minimum atomic E-state index is -0.478. The molecule has 6 nitrogen and oxygen atoms in total. The number of benzene rings is 2. The molecule has 0 spiro atoms. The number of hydrogen-bond acceptors (Lipinski definition) is 4. The second kappa shape index (κ2) is 9.24. The average Bonchev–Trinajstić information content (AvgIpc) is 3.64. The van der Waals surface area contributed by atoms with Crippen LogP contribution in [-0.2, 0) is 11.3 Å². The second-order valence-corrected chi connectivity index (χ2v) is 9.00. The summed E-state index contributed by atoms with van der Waals surface area (Å²) in [5, 5.41) is 0. The van der Waals surface area contributed by atoms with Crippen LogP contribution >= 0.6 is 0 Å². The van der Waals surface area contributed by atoms with E-state index >= 15 is 0 Å². The maximum absolute atomic E-state index is 13.7. The molecule has 3 aromatic rings. The Morgan fingerprint density at radius 1 is 0.939 bits per heavy atom. The number of hydrogen-bond donors (Lipinski definition) is 1. The average molecular weight is 444 g/mol. The van der Waals surface area contributed by atoms with Crippen LogP contribution in [0, 0.1) is 0 Å². The molecule has 2 aliphatic rings. The fourth-order valence-electron chi connectivity index (χ4n) is 5.20. The Hall–Kier alpha value is -3.38. The van der Waals surface area contributed by atoms with Gasteiger partial charge in [0.2, 0.25) is 5.91 Å². The molecule has 0 radical (unpaired) electrons. The molecule has 0 bridgehead atoms. The number of amides is 2. The molecule has 2 fully saturated rings. The number of nitrogens with zero attached hydrogens (tertiary/aromatic N) is 2. The van der Waals surface area contributed by atoms with Crippen molar-refractivity contribution in [1.29, 1.82) is 0 Å². The smallest absolute Gasteiger partial charge is 0.257 e. The summed E-state index contributed by atoms with van der Waals surface area (Å²) < 4.78 is 5.40. The fourth-order valence-corrected chi connectivity index (χ4v) is 5.20. The van der Waals surface area contributed by atoms with E-state index in [-0.39, 0.29) is 24.3 Å². The Morgan fingerprint density at radius 2 is 1.61 bits per heavy atom. The third-order valence-electron chi connectivity index (χ3n) is 6.99. The monoisotopic (exact) mass is 443 g/mol. The zero-order valence-corrected chi connectivity index (χ0v) is 18.6. The van der Waals surface area contributed by atoms with Crippen LogP contribution in [0.2, 0.25) is 0 Å². The van der Waals surface area contributed by atoms with Crippen molar-refractivity contribution in [2.24, 2.45) is 5.73 Å². The van der Waals surface area contributed by atoms with Gasteiger partial charge in [0.05, 0.1) is 12.1 Å². The highest BCUT2D eigenvalue weighted by Gasteiger charge is 2.43. The minimum absolute atomic E-state index is 0.0442. The molecule has 5 rings (SSSR count). The largest absolute Gasteiger partial charge is 0.467 e. The summed E-state index contributed by atoms with van der Waals surface area (Å²) >= 11 is 0. The molecule has 2 aliphatic heterocycles. The maximum atomic E-state index is 13.7. The topological polar surface area (TPSA) is 79.8 Å². The summed E-state index contributed by atoms with van der Waals surface area (Å²) in [6, 6.07) is 21.7. The summed E-state index contributed by atoms with van der Waals surface area (Å²) in [6.07, 6.45) is 3.02. The van der Waals surface area contributed by atoms with Crippen molar-refractivity contribution in [2.75, 3.05) is 19.6 Å². The van der Waals surface area contributed by atoms with Gasteiger partial charge in [0, 0.05) is 31.5 Å². The van der Waals surface area contributed by atoms with Gasteiger partial charge in [0.1, 0.15) is 18.1 Å². The van der Waals surface area contributed by atoms with Crippen LogP contribution in [-0.4, -0.2) is 47.3 Å². The van der Waals surface area contributed by atoms with E-state index in [4.69, 9.17) is 10.2 Å². The molecule has 2 N–H and O–H groups in total. The lowest BCUT2D eigenvalue weighted by Gasteiger charge is -2.27. The molecule has 0 aliphatic carbocycles. The summed E-state index contributed by atoms with van der Waals surface area (Å²) in [5.41, 5.74) is 8.53. The van der Waals surface area contributed by atoms with Crippen LogP contribution in [0.15, 0.2) is 77.4 Å². The molecule has 2 amide bonds. The van der Waals surface area contributed by atoms with E-state index in [9.17, 15) is 9.59 Å². The lowest BCUT2D eigenvalue weighted by atomic mass is 9.96. The maximum Gasteiger partial charge on any atom is 0.257 e. The molecule has 33 heavy (non-hydrogen) atoms.